The molecule has 5 aromatic rings. The monoisotopic (exact) mass is 1070 g/mol. The molecule has 4 N–H and O–H groups in total. The Kier molecular flexibility index (Phi) is 18.2. The number of hydrogen-bond acceptors (Lipinski definition) is 20. The molecule has 2 aromatic heterocycles. The molecule has 22 nitrogen and oxygen atoms in total. The summed E-state index contributed by atoms with van der Waals surface area (Å²) in [6.07, 6.45) is -1.34. The topological polar surface area (TPSA) is 278 Å². The van der Waals surface area contributed by atoms with Crippen molar-refractivity contribution < 1.29 is 69.1 Å². The van der Waals surface area contributed by atoms with E-state index in [2.05, 4.69) is 40.9 Å². The first kappa shape index (κ1) is 55.1. The number of methoxy groups -OCH3 is 2. The van der Waals surface area contributed by atoms with Gasteiger partial charge >= 0.3 is 0 Å². The lowest BCUT2D eigenvalue weighted by atomic mass is 10.0. The first-order valence-electron chi connectivity index (χ1n) is 24.1. The first-order valence-corrected chi connectivity index (χ1v) is 25.5. The number of rotatable bonds is 17. The summed E-state index contributed by atoms with van der Waals surface area (Å²) < 4.78 is 90.5. The summed E-state index contributed by atoms with van der Waals surface area (Å²) in [5, 5.41) is 13.8. The third-order valence-corrected chi connectivity index (χ3v) is 13.5. The van der Waals surface area contributed by atoms with Crippen molar-refractivity contribution in [3.05, 3.63) is 136 Å². The number of carbonyl (C=O) groups is 2. The van der Waals surface area contributed by atoms with Crippen molar-refractivity contribution in [2.24, 2.45) is 16.0 Å². The van der Waals surface area contributed by atoms with Gasteiger partial charge in [0.05, 0.1) is 69.6 Å². The third-order valence-electron chi connectivity index (χ3n) is 12.3. The van der Waals surface area contributed by atoms with Gasteiger partial charge in [-0.2, -0.15) is 8.42 Å². The van der Waals surface area contributed by atoms with Crippen LogP contribution in [0.1, 0.15) is 73.5 Å². The highest BCUT2D eigenvalue weighted by Crippen LogP contribution is 2.26. The summed E-state index contributed by atoms with van der Waals surface area (Å²) in [4.78, 5) is 54.1. The Hall–Kier alpha value is -7.13. The standard InChI is InChI=1S/C29H31FN4O8S.C22H26FN5O5/c1-17-4-7-21(8-5-17)43(36,37)41-15-20-14-40-28(16-39-20)27-12-24(34-42-27)23-11-25(33-18(2)32-23)29(35)31-13-19-6-9-22(30)26(10-19)38-3;1-12-26-16(17-7-20(33-28-17)21-11-31-14(8-24)10-32-21)6-18(27-12)22(29)25-9-13-3-4-15(23)19(5-13)30-2/h4-11,20,27-28H,12-16H2,1-3H3,(H,31,35);3-6,14,20-21H,7-11,24H2,1-2H3,(H,25,29)/t20-,27-,28+;14-,20+,21-/m01/s1. The number of nitrogens with zero attached hydrogens (tertiary/aromatic N) is 6. The predicted molar refractivity (Wildman–Crippen MR) is 266 cm³/mol. The Labute approximate surface area is 436 Å². The van der Waals surface area contributed by atoms with Gasteiger partial charge in [-0.25, -0.2) is 28.7 Å². The second kappa shape index (κ2) is 25.1. The zero-order valence-electron chi connectivity index (χ0n) is 42.2. The van der Waals surface area contributed by atoms with Gasteiger partial charge in [-0.15, -0.1) is 0 Å². The summed E-state index contributed by atoms with van der Waals surface area (Å²) in [5.41, 5.74) is 10.3. The molecule has 0 spiro atoms. The maximum atomic E-state index is 13.7. The number of nitrogens with one attached hydrogen (secondary N) is 2. The third kappa shape index (κ3) is 14.2. The van der Waals surface area contributed by atoms with Crippen LogP contribution in [0.15, 0.2) is 88.0 Å². The van der Waals surface area contributed by atoms with Gasteiger partial charge in [-0.3, -0.25) is 13.8 Å². The van der Waals surface area contributed by atoms with Crippen LogP contribution in [0.5, 0.6) is 11.5 Å². The minimum absolute atomic E-state index is 0.0749. The number of benzene rings is 3. The summed E-state index contributed by atoms with van der Waals surface area (Å²) in [7, 11) is -1.16. The van der Waals surface area contributed by atoms with E-state index in [1.165, 1.54) is 56.7 Å². The van der Waals surface area contributed by atoms with Crippen molar-refractivity contribution in [3.63, 3.8) is 0 Å². The van der Waals surface area contributed by atoms with E-state index in [4.69, 9.17) is 48.0 Å². The summed E-state index contributed by atoms with van der Waals surface area (Å²) >= 11 is 0. The van der Waals surface area contributed by atoms with Crippen molar-refractivity contribution in [1.82, 2.24) is 30.6 Å². The van der Waals surface area contributed by atoms with Gasteiger partial charge in [0.15, 0.2) is 35.3 Å². The first-order chi connectivity index (χ1) is 36.6. The lowest BCUT2D eigenvalue weighted by Crippen LogP contribution is -2.45. The zero-order chi connectivity index (χ0) is 53.9. The quantitative estimate of drug-likeness (QED) is 0.111. The van der Waals surface area contributed by atoms with Crippen LogP contribution < -0.4 is 25.8 Å². The van der Waals surface area contributed by atoms with E-state index in [1.54, 1.807) is 44.2 Å². The molecule has 4 aliphatic rings. The average molecular weight is 1070 g/mol. The van der Waals surface area contributed by atoms with Crippen LogP contribution in [0.2, 0.25) is 0 Å². The fraction of sp³-hybridized carbons (Fsp3) is 0.412. The summed E-state index contributed by atoms with van der Waals surface area (Å²) in [5.74, 6) is -0.788. The van der Waals surface area contributed by atoms with Crippen molar-refractivity contribution in [1.29, 1.82) is 0 Å². The van der Waals surface area contributed by atoms with Crippen LogP contribution in [0.4, 0.5) is 8.78 Å². The summed E-state index contributed by atoms with van der Waals surface area (Å²) in [6.45, 7) is 6.82. The van der Waals surface area contributed by atoms with Crippen molar-refractivity contribution in [3.8, 4) is 11.5 Å². The van der Waals surface area contributed by atoms with Gasteiger partial charge in [0.1, 0.15) is 52.8 Å². The average Bonchev–Trinajstić information content (AvgIpc) is 4.15. The molecule has 0 aliphatic carbocycles. The molecule has 2 fully saturated rings. The van der Waals surface area contributed by atoms with E-state index in [0.29, 0.717) is 78.2 Å². The molecule has 404 valence electrons. The van der Waals surface area contributed by atoms with E-state index in [9.17, 15) is 26.8 Å². The zero-order valence-corrected chi connectivity index (χ0v) is 43.0. The second-order valence-corrected chi connectivity index (χ2v) is 19.5. The number of carbonyl (C=O) groups excluding carboxylic acids is 2. The summed E-state index contributed by atoms with van der Waals surface area (Å²) in [6, 6.07) is 18.2. The smallest absolute Gasteiger partial charge is 0.297 e. The molecule has 9 rings (SSSR count). The number of oxime groups is 2. The molecule has 25 heteroatoms. The Morgan fingerprint density at radius 3 is 1.54 bits per heavy atom. The highest BCUT2D eigenvalue weighted by atomic mass is 32.2. The SMILES string of the molecule is COc1cc(CNC(=O)c2cc(C3=NO[C@H]([C@H]4CO[C@H](CN)CO4)C3)nc(C)n2)ccc1F.COc1cc(CNC(=O)c2cc(C3=NO[C@H]([C@H]4CO[C@H](COS(=O)(=O)c5ccc(C)cc5)CO4)C3)nc(C)n2)ccc1F. The number of nitrogens with two attached hydrogens (primary N) is 1. The molecule has 0 radical (unpaired) electrons. The molecule has 6 heterocycles. The van der Waals surface area contributed by atoms with Crippen LogP contribution in [0.3, 0.4) is 0 Å². The Morgan fingerprint density at radius 2 is 1.11 bits per heavy atom. The normalized spacial score (nSPS) is 21.2. The highest BCUT2D eigenvalue weighted by molar-refractivity contribution is 7.86. The Morgan fingerprint density at radius 1 is 0.632 bits per heavy atom. The lowest BCUT2D eigenvalue weighted by molar-refractivity contribution is -0.176. The largest absolute Gasteiger partial charge is 0.494 e. The highest BCUT2D eigenvalue weighted by Gasteiger charge is 2.37. The maximum absolute atomic E-state index is 13.7. The number of aryl methyl sites for hydroxylation is 3. The molecule has 0 unspecified atom stereocenters. The minimum atomic E-state index is -3.92. The molecule has 0 bridgehead atoms. The van der Waals surface area contributed by atoms with E-state index < -0.39 is 51.9 Å². The van der Waals surface area contributed by atoms with Crippen molar-refractivity contribution in [2.75, 3.05) is 53.8 Å². The van der Waals surface area contributed by atoms with E-state index in [-0.39, 0.29) is 79.0 Å². The fourth-order valence-electron chi connectivity index (χ4n) is 8.05. The van der Waals surface area contributed by atoms with E-state index in [1.807, 2.05) is 6.92 Å². The predicted octanol–water partition coefficient (Wildman–Crippen LogP) is 3.95. The van der Waals surface area contributed by atoms with Gasteiger partial charge in [-0.05, 0) is 80.4 Å². The number of halogens is 2. The van der Waals surface area contributed by atoms with Crippen LogP contribution in [0.25, 0.3) is 0 Å². The van der Waals surface area contributed by atoms with Crippen LogP contribution in [-0.4, -0.2) is 142 Å². The van der Waals surface area contributed by atoms with E-state index in [0.717, 1.165) is 5.56 Å². The molecular weight excluding hydrogens is 1020 g/mol. The molecule has 2 saturated heterocycles. The molecular formula is C51H57F2N9O13S. The Bertz CT molecular complexity index is 3050. The van der Waals surface area contributed by atoms with Crippen LogP contribution in [0, 0.1) is 32.4 Å². The van der Waals surface area contributed by atoms with Crippen molar-refractivity contribution in [2.45, 2.75) is 88.2 Å². The van der Waals surface area contributed by atoms with Gasteiger partial charge in [-0.1, -0.05) is 40.1 Å². The lowest BCUT2D eigenvalue weighted by Gasteiger charge is -2.31. The molecule has 3 aromatic carbocycles. The second-order valence-electron chi connectivity index (χ2n) is 17.9. The van der Waals surface area contributed by atoms with Crippen LogP contribution >= 0.6 is 0 Å². The molecule has 76 heavy (non-hydrogen) atoms. The van der Waals surface area contributed by atoms with Gasteiger partial charge in [0.2, 0.25) is 0 Å². The number of hydrogen-bond donors (Lipinski definition) is 3. The number of amides is 2. The molecule has 0 saturated carbocycles. The number of aromatic nitrogens is 4. The Balaban J connectivity index is 0.000000209. The number of ether oxygens (including phenoxy) is 6. The maximum Gasteiger partial charge on any atom is 0.297 e. The van der Waals surface area contributed by atoms with E-state index >= 15 is 0 Å². The van der Waals surface area contributed by atoms with Gasteiger partial charge in [0.25, 0.3) is 21.9 Å². The fourth-order valence-corrected chi connectivity index (χ4v) is 8.98. The van der Waals surface area contributed by atoms with Crippen molar-refractivity contribution >= 4 is 33.4 Å². The molecule has 2 amide bonds. The van der Waals surface area contributed by atoms with Gasteiger partial charge in [0, 0.05) is 32.5 Å². The van der Waals surface area contributed by atoms with Gasteiger partial charge < -0.3 is 54.5 Å². The minimum Gasteiger partial charge on any atom is -0.494 e. The molecule has 4 aliphatic heterocycles. The van der Waals surface area contributed by atoms with Crippen LogP contribution in [-0.2, 0) is 56.0 Å². The molecule has 6 atom stereocenters.